The molecule has 2 aromatic carbocycles. The molecule has 5 heteroatoms. The van der Waals surface area contributed by atoms with Crippen molar-refractivity contribution in [1.82, 2.24) is 4.98 Å². The van der Waals surface area contributed by atoms with Gasteiger partial charge in [-0.3, -0.25) is 10.1 Å². The summed E-state index contributed by atoms with van der Waals surface area (Å²) in [6.45, 7) is 0. The Morgan fingerprint density at radius 3 is 2.39 bits per heavy atom. The lowest BCUT2D eigenvalue weighted by Gasteiger charge is -2.32. The molecule has 1 aliphatic rings. The number of hydrogen-bond donors (Lipinski definition) is 2. The fourth-order valence-corrected chi connectivity index (χ4v) is 4.77. The molecule has 2 N–H and O–H groups in total. The second kappa shape index (κ2) is 8.15. The molecule has 28 heavy (non-hydrogen) atoms. The third-order valence-corrected chi connectivity index (χ3v) is 6.18. The maximum atomic E-state index is 12.3. The van der Waals surface area contributed by atoms with Crippen LogP contribution >= 0.6 is 0 Å². The molecule has 0 saturated heterocycles. The molecule has 1 saturated carbocycles. The Labute approximate surface area is 164 Å². The zero-order chi connectivity index (χ0) is 19.5. The number of rotatable bonds is 6. The van der Waals surface area contributed by atoms with Gasteiger partial charge in [0.15, 0.2) is 0 Å². The Balaban J connectivity index is 1.82. The highest BCUT2D eigenvalue weighted by Crippen LogP contribution is 2.39. The Morgan fingerprint density at radius 2 is 1.68 bits per heavy atom. The van der Waals surface area contributed by atoms with Gasteiger partial charge in [-0.1, -0.05) is 67.8 Å². The molecule has 4 rings (SSSR count). The van der Waals surface area contributed by atoms with Crippen LogP contribution in [0.25, 0.3) is 10.9 Å². The van der Waals surface area contributed by atoms with Crippen molar-refractivity contribution in [2.45, 2.75) is 50.2 Å². The molecule has 5 nitrogen and oxygen atoms in total. The van der Waals surface area contributed by atoms with Gasteiger partial charge in [-0.25, -0.2) is 0 Å². The molecule has 3 aromatic rings. The first-order valence-electron chi connectivity index (χ1n) is 10.1. The topological polar surface area (TPSA) is 79.2 Å². The quantitative estimate of drug-likeness (QED) is 0.474. The second-order valence-electron chi connectivity index (χ2n) is 7.84. The first-order chi connectivity index (χ1) is 13.7. The van der Waals surface area contributed by atoms with Crippen LogP contribution in [0.1, 0.15) is 49.1 Å². The summed E-state index contributed by atoms with van der Waals surface area (Å²) >= 11 is 0. The summed E-state index contributed by atoms with van der Waals surface area (Å²) in [6.07, 6.45) is 5.85. The van der Waals surface area contributed by atoms with Crippen molar-refractivity contribution in [1.29, 1.82) is 0 Å². The Hall–Kier alpha value is -2.66. The minimum absolute atomic E-state index is 0.0134. The summed E-state index contributed by atoms with van der Waals surface area (Å²) in [5.41, 5.74) is 2.69. The highest BCUT2D eigenvalue weighted by atomic mass is 16.6. The van der Waals surface area contributed by atoms with Crippen molar-refractivity contribution in [3.8, 4) is 0 Å². The normalized spacial score (nSPS) is 18.6. The van der Waals surface area contributed by atoms with Gasteiger partial charge in [-0.05, 0) is 36.0 Å². The third kappa shape index (κ3) is 3.54. The van der Waals surface area contributed by atoms with E-state index in [0.29, 0.717) is 0 Å². The molecule has 1 aromatic heterocycles. The van der Waals surface area contributed by atoms with Crippen LogP contribution in [0.2, 0.25) is 0 Å². The minimum Gasteiger partial charge on any atom is -0.386 e. The number of para-hydroxylation sites is 1. The van der Waals surface area contributed by atoms with Crippen molar-refractivity contribution in [3.63, 3.8) is 0 Å². The first kappa shape index (κ1) is 18.7. The SMILES string of the molecule is O=[N+]([O-])[C@@H]([C@H](c1ccccc1)c1c[nH]c2ccccc12)[C@@H](O)C1CCCCC1. The molecule has 1 heterocycles. The predicted octanol–water partition coefficient (Wildman–Crippen LogP) is 4.89. The summed E-state index contributed by atoms with van der Waals surface area (Å²) in [6, 6.07) is 16.3. The highest BCUT2D eigenvalue weighted by molar-refractivity contribution is 5.84. The fraction of sp³-hybridized carbons (Fsp3) is 0.391. The molecule has 0 radical (unpaired) electrons. The third-order valence-electron chi connectivity index (χ3n) is 6.18. The number of H-pyrrole nitrogens is 1. The summed E-state index contributed by atoms with van der Waals surface area (Å²) in [5, 5.41) is 24.4. The van der Waals surface area contributed by atoms with E-state index in [1.165, 1.54) is 0 Å². The summed E-state index contributed by atoms with van der Waals surface area (Å²) in [7, 11) is 0. The number of aliphatic hydroxyl groups is 1. The molecule has 0 spiro atoms. The van der Waals surface area contributed by atoms with Crippen molar-refractivity contribution >= 4 is 10.9 Å². The number of benzene rings is 2. The van der Waals surface area contributed by atoms with Crippen molar-refractivity contribution < 1.29 is 10.0 Å². The van der Waals surface area contributed by atoms with Gasteiger partial charge in [0.2, 0.25) is 6.04 Å². The molecular weight excluding hydrogens is 352 g/mol. The van der Waals surface area contributed by atoms with Crippen LogP contribution < -0.4 is 0 Å². The van der Waals surface area contributed by atoms with E-state index in [-0.39, 0.29) is 10.8 Å². The summed E-state index contributed by atoms with van der Waals surface area (Å²) < 4.78 is 0. The van der Waals surface area contributed by atoms with E-state index in [2.05, 4.69) is 4.98 Å². The zero-order valence-electron chi connectivity index (χ0n) is 15.8. The zero-order valence-corrected chi connectivity index (χ0v) is 15.8. The van der Waals surface area contributed by atoms with Gasteiger partial charge >= 0.3 is 0 Å². The number of nitrogens with zero attached hydrogens (tertiary/aromatic N) is 1. The lowest BCUT2D eigenvalue weighted by Crippen LogP contribution is -2.44. The average Bonchev–Trinajstić information content (AvgIpc) is 3.16. The van der Waals surface area contributed by atoms with Crippen molar-refractivity contribution in [3.05, 3.63) is 82.0 Å². The van der Waals surface area contributed by atoms with Gasteiger partial charge in [-0.2, -0.15) is 0 Å². The van der Waals surface area contributed by atoms with Crippen LogP contribution in [0.4, 0.5) is 0 Å². The Bertz CT molecular complexity index is 931. The molecule has 1 fully saturated rings. The van der Waals surface area contributed by atoms with Gasteiger partial charge in [0.1, 0.15) is 6.10 Å². The second-order valence-corrected chi connectivity index (χ2v) is 7.84. The Morgan fingerprint density at radius 1 is 1.00 bits per heavy atom. The number of aromatic amines is 1. The molecule has 3 atom stereocenters. The smallest absolute Gasteiger partial charge is 0.249 e. The molecular formula is C23H26N2O3. The van der Waals surface area contributed by atoms with Gasteiger partial charge in [0, 0.05) is 22.0 Å². The molecule has 0 bridgehead atoms. The molecule has 0 amide bonds. The van der Waals surface area contributed by atoms with Gasteiger partial charge in [0.05, 0.1) is 5.92 Å². The van der Waals surface area contributed by atoms with Crippen LogP contribution in [0.15, 0.2) is 60.8 Å². The maximum Gasteiger partial charge on any atom is 0.249 e. The van der Waals surface area contributed by atoms with Crippen LogP contribution in [0.5, 0.6) is 0 Å². The van der Waals surface area contributed by atoms with Crippen LogP contribution in [0.3, 0.4) is 0 Å². The van der Waals surface area contributed by atoms with E-state index >= 15 is 0 Å². The van der Waals surface area contributed by atoms with Crippen molar-refractivity contribution in [2.75, 3.05) is 0 Å². The molecule has 0 unspecified atom stereocenters. The van der Waals surface area contributed by atoms with Gasteiger partial charge in [0.25, 0.3) is 0 Å². The standard InChI is InChI=1S/C23H26N2O3/c26-23(17-11-5-2-6-12-17)22(25(27)28)21(16-9-3-1-4-10-16)19-15-24-20-14-8-7-13-18(19)20/h1,3-4,7-10,13-15,17,21-24,26H,2,5-6,11-12H2/t21-,22+,23+/m1/s1. The van der Waals surface area contributed by atoms with Crippen LogP contribution in [0, 0.1) is 16.0 Å². The summed E-state index contributed by atoms with van der Waals surface area (Å²) in [5.74, 6) is -0.523. The van der Waals surface area contributed by atoms with E-state index < -0.39 is 18.1 Å². The number of aliphatic hydroxyl groups excluding tert-OH is 1. The molecule has 0 aliphatic heterocycles. The fourth-order valence-electron chi connectivity index (χ4n) is 4.77. The average molecular weight is 378 g/mol. The lowest BCUT2D eigenvalue weighted by molar-refractivity contribution is -0.539. The number of hydrogen-bond acceptors (Lipinski definition) is 3. The Kier molecular flexibility index (Phi) is 5.44. The van der Waals surface area contributed by atoms with Crippen molar-refractivity contribution in [2.24, 2.45) is 5.92 Å². The largest absolute Gasteiger partial charge is 0.386 e. The molecule has 1 aliphatic carbocycles. The van der Waals surface area contributed by atoms with Crippen LogP contribution in [-0.2, 0) is 0 Å². The van der Waals surface area contributed by atoms with E-state index in [0.717, 1.165) is 54.1 Å². The van der Waals surface area contributed by atoms with E-state index in [1.807, 2.05) is 60.8 Å². The van der Waals surface area contributed by atoms with Gasteiger partial charge in [-0.15, -0.1) is 0 Å². The highest BCUT2D eigenvalue weighted by Gasteiger charge is 2.44. The molecule has 146 valence electrons. The monoisotopic (exact) mass is 378 g/mol. The van der Waals surface area contributed by atoms with E-state index in [1.54, 1.807) is 0 Å². The van der Waals surface area contributed by atoms with Gasteiger partial charge < -0.3 is 10.1 Å². The number of aromatic nitrogens is 1. The predicted molar refractivity (Wildman–Crippen MR) is 110 cm³/mol. The lowest BCUT2D eigenvalue weighted by atomic mass is 9.75. The van der Waals surface area contributed by atoms with Crippen LogP contribution in [-0.4, -0.2) is 27.2 Å². The summed E-state index contributed by atoms with van der Waals surface area (Å²) in [4.78, 5) is 15.2. The van der Waals surface area contributed by atoms with E-state index in [4.69, 9.17) is 0 Å². The number of nitrogens with one attached hydrogen (secondary N) is 1. The van der Waals surface area contributed by atoms with E-state index in [9.17, 15) is 15.2 Å². The first-order valence-corrected chi connectivity index (χ1v) is 10.1. The maximum absolute atomic E-state index is 12.3. The number of fused-ring (bicyclic) bond motifs is 1. The number of nitro groups is 1. The minimum atomic E-state index is -1.08.